The monoisotopic (exact) mass is 444 g/mol. The van der Waals surface area contributed by atoms with E-state index in [0.29, 0.717) is 5.88 Å². The SMILES string of the molecule is C=CC(O)N(C)[C@@H]1CC[C@H](Oc2nc(-c3cnn(C)c3)cn3ncc(-c4ccccc4)c23)C1. The molecule has 1 aliphatic carbocycles. The van der Waals surface area contributed by atoms with Crippen LogP contribution >= 0.6 is 0 Å². The summed E-state index contributed by atoms with van der Waals surface area (Å²) in [6, 6.07) is 10.4. The van der Waals surface area contributed by atoms with E-state index < -0.39 is 6.23 Å². The Labute approximate surface area is 192 Å². The predicted molar refractivity (Wildman–Crippen MR) is 127 cm³/mol. The lowest BCUT2D eigenvalue weighted by Gasteiger charge is -2.27. The fraction of sp³-hybridized carbons (Fsp3) is 0.320. The van der Waals surface area contributed by atoms with Gasteiger partial charge in [0.05, 0.1) is 24.3 Å². The summed E-state index contributed by atoms with van der Waals surface area (Å²) in [6.45, 7) is 3.70. The first-order chi connectivity index (χ1) is 16.0. The maximum Gasteiger partial charge on any atom is 0.241 e. The minimum Gasteiger partial charge on any atom is -0.473 e. The highest BCUT2D eigenvalue weighted by molar-refractivity contribution is 5.84. The Hall–Kier alpha value is -3.49. The molecule has 5 rings (SSSR count). The summed E-state index contributed by atoms with van der Waals surface area (Å²) in [5.41, 5.74) is 4.54. The van der Waals surface area contributed by atoms with Crippen LogP contribution in [0.5, 0.6) is 5.88 Å². The van der Waals surface area contributed by atoms with Gasteiger partial charge in [-0.1, -0.05) is 36.9 Å². The van der Waals surface area contributed by atoms with Gasteiger partial charge < -0.3 is 9.84 Å². The van der Waals surface area contributed by atoms with E-state index in [1.807, 2.05) is 60.3 Å². The Kier molecular flexibility index (Phi) is 5.70. The van der Waals surface area contributed by atoms with Crippen molar-refractivity contribution in [3.05, 3.63) is 67.8 Å². The van der Waals surface area contributed by atoms with Crippen LogP contribution in [0, 0.1) is 0 Å². The smallest absolute Gasteiger partial charge is 0.241 e. The number of aromatic nitrogens is 5. The summed E-state index contributed by atoms with van der Waals surface area (Å²) in [5, 5.41) is 19.0. The van der Waals surface area contributed by atoms with E-state index in [9.17, 15) is 5.11 Å². The average Bonchev–Trinajstić information content (AvgIpc) is 3.58. The van der Waals surface area contributed by atoms with E-state index in [2.05, 4.69) is 28.9 Å². The van der Waals surface area contributed by atoms with Crippen LogP contribution in [0.3, 0.4) is 0 Å². The van der Waals surface area contributed by atoms with Gasteiger partial charge in [-0.2, -0.15) is 10.2 Å². The van der Waals surface area contributed by atoms with Crippen molar-refractivity contribution in [2.45, 2.75) is 37.6 Å². The third kappa shape index (κ3) is 4.15. The van der Waals surface area contributed by atoms with Crippen molar-refractivity contribution in [2.75, 3.05) is 7.05 Å². The van der Waals surface area contributed by atoms with Gasteiger partial charge in [0.2, 0.25) is 5.88 Å². The van der Waals surface area contributed by atoms with E-state index in [1.54, 1.807) is 17.0 Å². The topological polar surface area (TPSA) is 80.7 Å². The van der Waals surface area contributed by atoms with Crippen LogP contribution in [0.4, 0.5) is 0 Å². The van der Waals surface area contributed by atoms with Crippen LogP contribution in [0.2, 0.25) is 0 Å². The number of likely N-dealkylation sites (N-methyl/N-ethyl adjacent to an activating group) is 1. The molecule has 3 atom stereocenters. The van der Waals surface area contributed by atoms with Crippen molar-refractivity contribution in [2.24, 2.45) is 7.05 Å². The Morgan fingerprint density at radius 2 is 1.97 bits per heavy atom. The zero-order valence-corrected chi connectivity index (χ0v) is 18.9. The summed E-state index contributed by atoms with van der Waals surface area (Å²) in [5.74, 6) is 0.560. The molecule has 0 saturated heterocycles. The van der Waals surface area contributed by atoms with E-state index in [1.165, 1.54) is 0 Å². The Balaban J connectivity index is 1.53. The van der Waals surface area contributed by atoms with Crippen molar-refractivity contribution >= 4 is 5.52 Å². The molecule has 8 nitrogen and oxygen atoms in total. The van der Waals surface area contributed by atoms with Crippen molar-refractivity contribution in [1.29, 1.82) is 0 Å². The third-order valence-electron chi connectivity index (χ3n) is 6.39. The number of nitrogens with zero attached hydrogens (tertiary/aromatic N) is 6. The molecule has 3 heterocycles. The number of aryl methyl sites for hydroxylation is 1. The normalized spacial score (nSPS) is 19.3. The van der Waals surface area contributed by atoms with Crippen LogP contribution in [0.15, 0.2) is 67.8 Å². The molecule has 0 radical (unpaired) electrons. The molecule has 1 fully saturated rings. The minimum atomic E-state index is -0.660. The standard InChI is InChI=1S/C25H28N6O2/c1-4-23(32)30(3)19-10-11-20(12-19)33-25-24-21(17-8-6-5-7-9-17)14-27-31(24)16-22(28-25)18-13-26-29(2)15-18/h4-9,13-16,19-20,23,32H,1,10-12H2,2-3H3/t19-,20+,23?/m1/s1. The maximum atomic E-state index is 10.1. The Bertz CT molecular complexity index is 1260. The van der Waals surface area contributed by atoms with Gasteiger partial charge in [0.1, 0.15) is 17.8 Å². The number of rotatable bonds is 7. The summed E-state index contributed by atoms with van der Waals surface area (Å²) in [4.78, 5) is 6.86. The van der Waals surface area contributed by atoms with Gasteiger partial charge in [0.15, 0.2) is 0 Å². The number of fused-ring (bicyclic) bond motifs is 1. The lowest BCUT2D eigenvalue weighted by Crippen LogP contribution is -2.38. The summed E-state index contributed by atoms with van der Waals surface area (Å²) < 4.78 is 10.1. The molecule has 3 aromatic heterocycles. The number of aliphatic hydroxyl groups is 1. The predicted octanol–water partition coefficient (Wildman–Crippen LogP) is 3.53. The maximum absolute atomic E-state index is 10.1. The molecule has 1 saturated carbocycles. The van der Waals surface area contributed by atoms with Crippen LogP contribution in [-0.2, 0) is 7.05 Å². The molecular weight excluding hydrogens is 416 g/mol. The second-order valence-electron chi connectivity index (χ2n) is 8.57. The first-order valence-electron chi connectivity index (χ1n) is 11.2. The Morgan fingerprint density at radius 1 is 1.15 bits per heavy atom. The molecular formula is C25H28N6O2. The van der Waals surface area contributed by atoms with Crippen molar-refractivity contribution in [1.82, 2.24) is 29.3 Å². The molecule has 8 heteroatoms. The lowest BCUT2D eigenvalue weighted by atomic mass is 10.1. The van der Waals surface area contributed by atoms with Crippen LogP contribution < -0.4 is 4.74 Å². The van der Waals surface area contributed by atoms with Gasteiger partial charge in [-0.15, -0.1) is 0 Å². The first kappa shape index (κ1) is 21.4. The first-order valence-corrected chi connectivity index (χ1v) is 11.2. The highest BCUT2D eigenvalue weighted by atomic mass is 16.5. The molecule has 1 N–H and O–H groups in total. The Morgan fingerprint density at radius 3 is 2.70 bits per heavy atom. The van der Waals surface area contributed by atoms with E-state index in [0.717, 1.165) is 47.2 Å². The molecule has 0 amide bonds. The van der Waals surface area contributed by atoms with Gasteiger partial charge in [-0.05, 0) is 37.9 Å². The van der Waals surface area contributed by atoms with E-state index in [4.69, 9.17) is 9.72 Å². The molecule has 1 aromatic carbocycles. The molecule has 4 aromatic rings. The largest absolute Gasteiger partial charge is 0.473 e. The highest BCUT2D eigenvalue weighted by Crippen LogP contribution is 2.35. The molecule has 1 unspecified atom stereocenters. The summed E-state index contributed by atoms with van der Waals surface area (Å²) in [6.07, 6.45) is 11.0. The average molecular weight is 445 g/mol. The number of hydrogen-bond donors (Lipinski definition) is 1. The van der Waals surface area contributed by atoms with Crippen LogP contribution in [-0.4, -0.2) is 59.8 Å². The van der Waals surface area contributed by atoms with Crippen LogP contribution in [0.25, 0.3) is 27.9 Å². The lowest BCUT2D eigenvalue weighted by molar-refractivity contribution is 0.0292. The fourth-order valence-electron chi connectivity index (χ4n) is 4.52. The molecule has 0 bridgehead atoms. The molecule has 33 heavy (non-hydrogen) atoms. The van der Waals surface area contributed by atoms with Gasteiger partial charge in [0.25, 0.3) is 0 Å². The van der Waals surface area contributed by atoms with Gasteiger partial charge in [-0.3, -0.25) is 9.58 Å². The van der Waals surface area contributed by atoms with E-state index >= 15 is 0 Å². The number of benzene rings is 1. The molecule has 0 spiro atoms. The number of ether oxygens (including phenoxy) is 1. The third-order valence-corrected chi connectivity index (χ3v) is 6.39. The molecule has 0 aliphatic heterocycles. The minimum absolute atomic E-state index is 0.00608. The van der Waals surface area contributed by atoms with Gasteiger partial charge in [0, 0.05) is 30.4 Å². The van der Waals surface area contributed by atoms with Crippen molar-refractivity contribution < 1.29 is 9.84 Å². The zero-order chi connectivity index (χ0) is 22.9. The quantitative estimate of drug-likeness (QED) is 0.347. The second kappa shape index (κ2) is 8.80. The number of aliphatic hydroxyl groups excluding tert-OH is 1. The van der Waals surface area contributed by atoms with Crippen molar-refractivity contribution in [3.63, 3.8) is 0 Å². The second-order valence-corrected chi connectivity index (χ2v) is 8.57. The molecule has 170 valence electrons. The van der Waals surface area contributed by atoms with Crippen molar-refractivity contribution in [3.8, 4) is 28.3 Å². The van der Waals surface area contributed by atoms with Gasteiger partial charge >= 0.3 is 0 Å². The van der Waals surface area contributed by atoms with E-state index in [-0.39, 0.29) is 12.1 Å². The molecule has 1 aliphatic rings. The highest BCUT2D eigenvalue weighted by Gasteiger charge is 2.32. The fourth-order valence-corrected chi connectivity index (χ4v) is 4.52. The summed E-state index contributed by atoms with van der Waals surface area (Å²) >= 11 is 0. The van der Waals surface area contributed by atoms with Crippen LogP contribution in [0.1, 0.15) is 19.3 Å². The summed E-state index contributed by atoms with van der Waals surface area (Å²) in [7, 11) is 3.80. The van der Waals surface area contributed by atoms with Gasteiger partial charge in [-0.25, -0.2) is 9.50 Å². The number of hydrogen-bond acceptors (Lipinski definition) is 6. The zero-order valence-electron chi connectivity index (χ0n) is 18.9.